The zero-order valence-electron chi connectivity index (χ0n) is 11.2. The molecular formula is C14H11ClN4O2. The lowest BCUT2D eigenvalue weighted by molar-refractivity contribution is 0.0512. The lowest BCUT2D eigenvalue weighted by Crippen LogP contribution is -1.99. The topological polar surface area (TPSA) is 70.0 Å². The summed E-state index contributed by atoms with van der Waals surface area (Å²) in [6.07, 6.45) is 1.64. The monoisotopic (exact) mass is 302 g/mol. The molecule has 6 nitrogen and oxygen atoms in total. The maximum absolute atomic E-state index is 5.72. The van der Waals surface area contributed by atoms with Gasteiger partial charge in [0.2, 0.25) is 0 Å². The summed E-state index contributed by atoms with van der Waals surface area (Å²) in [5.74, 6) is 0.678. The Bertz CT molecular complexity index is 765. The summed E-state index contributed by atoms with van der Waals surface area (Å²) in [4.78, 5) is 8.87. The van der Waals surface area contributed by atoms with Crippen LogP contribution >= 0.6 is 11.6 Å². The average Bonchev–Trinajstić information content (AvgIpc) is 2.53. The zero-order chi connectivity index (χ0) is 14.7. The van der Waals surface area contributed by atoms with Crippen LogP contribution in [0, 0.1) is 0 Å². The molecule has 0 N–H and O–H groups in total. The number of halogens is 1. The Labute approximate surface area is 125 Å². The van der Waals surface area contributed by atoms with E-state index in [1.54, 1.807) is 31.5 Å². The fourth-order valence-electron chi connectivity index (χ4n) is 1.78. The molecule has 7 heteroatoms. The quantitative estimate of drug-likeness (QED) is 0.690. The molecule has 0 radical (unpaired) electrons. The van der Waals surface area contributed by atoms with Crippen molar-refractivity contribution in [2.45, 2.75) is 0 Å². The molecule has 0 saturated carbocycles. The maximum atomic E-state index is 5.72. The highest BCUT2D eigenvalue weighted by molar-refractivity contribution is 6.29. The second-order valence-electron chi connectivity index (χ2n) is 4.20. The molecule has 0 aliphatic carbocycles. The minimum Gasteiger partial charge on any atom is -0.467 e. The summed E-state index contributed by atoms with van der Waals surface area (Å²) in [5, 5.41) is 8.13. The van der Waals surface area contributed by atoms with Crippen LogP contribution in [-0.2, 0) is 4.74 Å². The molecule has 3 aromatic rings. The first kappa shape index (κ1) is 13.7. The molecule has 0 saturated heterocycles. The summed E-state index contributed by atoms with van der Waals surface area (Å²) < 4.78 is 10.2. The third kappa shape index (κ3) is 3.07. The molecule has 0 atom stereocenters. The van der Waals surface area contributed by atoms with Crippen molar-refractivity contribution in [3.05, 3.63) is 41.7 Å². The van der Waals surface area contributed by atoms with Gasteiger partial charge in [0.1, 0.15) is 17.1 Å². The Kier molecular flexibility index (Phi) is 3.89. The highest BCUT2D eigenvalue weighted by Gasteiger charge is 2.06. The van der Waals surface area contributed by atoms with Gasteiger partial charge in [0, 0.05) is 13.2 Å². The molecule has 0 fully saturated rings. The van der Waals surface area contributed by atoms with Crippen LogP contribution in [0.15, 0.2) is 36.5 Å². The predicted octanol–water partition coefficient (Wildman–Crippen LogP) is 2.72. The molecule has 0 aliphatic rings. The number of nitrogens with zero attached hydrogens (tertiary/aromatic N) is 4. The lowest BCUT2D eigenvalue weighted by atomic mass is 10.2. The second-order valence-corrected chi connectivity index (χ2v) is 4.59. The van der Waals surface area contributed by atoms with Gasteiger partial charge in [-0.3, -0.25) is 4.98 Å². The standard InChI is InChI=1S/C14H11ClN4O2/c1-20-8-21-9-2-3-10-12(6-9)16-7-13(17-10)11-4-5-14(15)19-18-11/h2-7H,8H2,1H3. The number of rotatable bonds is 4. The van der Waals surface area contributed by atoms with E-state index in [2.05, 4.69) is 20.2 Å². The molecule has 21 heavy (non-hydrogen) atoms. The van der Waals surface area contributed by atoms with E-state index in [4.69, 9.17) is 21.1 Å². The molecular weight excluding hydrogens is 292 g/mol. The summed E-state index contributed by atoms with van der Waals surface area (Å²) >= 11 is 5.72. The van der Waals surface area contributed by atoms with Gasteiger partial charge in [-0.2, -0.15) is 0 Å². The molecule has 0 amide bonds. The fraction of sp³-hybridized carbons (Fsp3) is 0.143. The Morgan fingerprint density at radius 1 is 1.05 bits per heavy atom. The number of ether oxygens (including phenoxy) is 2. The van der Waals surface area contributed by atoms with Crippen molar-refractivity contribution in [2.75, 3.05) is 13.9 Å². The minimum atomic E-state index is 0.192. The summed E-state index contributed by atoms with van der Waals surface area (Å²) in [6, 6.07) is 8.87. The summed E-state index contributed by atoms with van der Waals surface area (Å²) in [5.41, 5.74) is 2.73. The van der Waals surface area contributed by atoms with Crippen LogP contribution in [0.2, 0.25) is 5.15 Å². The van der Waals surface area contributed by atoms with Crippen molar-refractivity contribution >= 4 is 22.6 Å². The molecule has 1 aromatic carbocycles. The highest BCUT2D eigenvalue weighted by Crippen LogP contribution is 2.21. The molecule has 0 bridgehead atoms. The van der Waals surface area contributed by atoms with Crippen LogP contribution in [-0.4, -0.2) is 34.1 Å². The van der Waals surface area contributed by atoms with E-state index < -0.39 is 0 Å². The molecule has 0 unspecified atom stereocenters. The van der Waals surface area contributed by atoms with Crippen molar-refractivity contribution in [3.63, 3.8) is 0 Å². The van der Waals surface area contributed by atoms with Gasteiger partial charge in [-0.1, -0.05) is 11.6 Å². The maximum Gasteiger partial charge on any atom is 0.188 e. The molecule has 2 heterocycles. The van der Waals surface area contributed by atoms with Gasteiger partial charge in [-0.15, -0.1) is 10.2 Å². The van der Waals surface area contributed by atoms with Crippen molar-refractivity contribution < 1.29 is 9.47 Å². The number of benzene rings is 1. The Morgan fingerprint density at radius 2 is 1.95 bits per heavy atom. The largest absolute Gasteiger partial charge is 0.467 e. The average molecular weight is 303 g/mol. The van der Waals surface area contributed by atoms with E-state index in [-0.39, 0.29) is 6.79 Å². The van der Waals surface area contributed by atoms with E-state index in [9.17, 15) is 0 Å². The smallest absolute Gasteiger partial charge is 0.188 e. The van der Waals surface area contributed by atoms with Crippen molar-refractivity contribution in [3.8, 4) is 17.1 Å². The number of fused-ring (bicyclic) bond motifs is 1. The number of hydrogen-bond acceptors (Lipinski definition) is 6. The van der Waals surface area contributed by atoms with Gasteiger partial charge in [-0.25, -0.2) is 4.98 Å². The van der Waals surface area contributed by atoms with Crippen LogP contribution in [0.25, 0.3) is 22.4 Å². The number of aromatic nitrogens is 4. The normalized spacial score (nSPS) is 10.8. The minimum absolute atomic E-state index is 0.192. The third-order valence-electron chi connectivity index (χ3n) is 2.75. The first-order chi connectivity index (χ1) is 10.3. The zero-order valence-corrected chi connectivity index (χ0v) is 11.9. The summed E-state index contributed by atoms with van der Waals surface area (Å²) in [7, 11) is 1.57. The van der Waals surface area contributed by atoms with Crippen molar-refractivity contribution in [1.29, 1.82) is 0 Å². The summed E-state index contributed by atoms with van der Waals surface area (Å²) in [6.45, 7) is 0.192. The number of hydrogen-bond donors (Lipinski definition) is 0. The van der Waals surface area contributed by atoms with Crippen molar-refractivity contribution in [1.82, 2.24) is 20.2 Å². The molecule has 0 spiro atoms. The molecule has 106 valence electrons. The second kappa shape index (κ2) is 5.99. The van der Waals surface area contributed by atoms with Gasteiger partial charge in [-0.05, 0) is 24.3 Å². The molecule has 3 rings (SSSR count). The SMILES string of the molecule is COCOc1ccc2nc(-c3ccc(Cl)nn3)cnc2c1. The van der Waals surface area contributed by atoms with Crippen LogP contribution in [0.3, 0.4) is 0 Å². The van der Waals surface area contributed by atoms with Crippen LogP contribution in [0.5, 0.6) is 5.75 Å². The van der Waals surface area contributed by atoms with E-state index in [0.717, 1.165) is 11.0 Å². The van der Waals surface area contributed by atoms with Crippen LogP contribution in [0.4, 0.5) is 0 Å². The third-order valence-corrected chi connectivity index (χ3v) is 2.95. The van der Waals surface area contributed by atoms with Gasteiger partial charge in [0.15, 0.2) is 11.9 Å². The Morgan fingerprint density at radius 3 is 2.71 bits per heavy atom. The fourth-order valence-corrected chi connectivity index (χ4v) is 1.88. The van der Waals surface area contributed by atoms with Gasteiger partial charge in [0.05, 0.1) is 17.2 Å². The van der Waals surface area contributed by atoms with Crippen molar-refractivity contribution in [2.24, 2.45) is 0 Å². The van der Waals surface area contributed by atoms with Crippen LogP contribution < -0.4 is 4.74 Å². The lowest BCUT2D eigenvalue weighted by Gasteiger charge is -2.06. The molecule has 0 aliphatic heterocycles. The van der Waals surface area contributed by atoms with E-state index >= 15 is 0 Å². The predicted molar refractivity (Wildman–Crippen MR) is 78.1 cm³/mol. The van der Waals surface area contributed by atoms with E-state index in [1.807, 2.05) is 12.1 Å². The van der Waals surface area contributed by atoms with E-state index in [0.29, 0.717) is 22.3 Å². The first-order valence-corrected chi connectivity index (χ1v) is 6.52. The molecule has 2 aromatic heterocycles. The highest BCUT2D eigenvalue weighted by atomic mass is 35.5. The van der Waals surface area contributed by atoms with Gasteiger partial charge in [0.25, 0.3) is 0 Å². The first-order valence-electron chi connectivity index (χ1n) is 6.14. The Hall–Kier alpha value is -2.31. The number of methoxy groups -OCH3 is 1. The van der Waals surface area contributed by atoms with Crippen LogP contribution in [0.1, 0.15) is 0 Å². The Balaban J connectivity index is 1.95. The van der Waals surface area contributed by atoms with Gasteiger partial charge >= 0.3 is 0 Å². The van der Waals surface area contributed by atoms with E-state index in [1.165, 1.54) is 0 Å². The van der Waals surface area contributed by atoms with Gasteiger partial charge < -0.3 is 9.47 Å².